The maximum Gasteiger partial charge on any atom is 0.466 e. The van der Waals surface area contributed by atoms with Gasteiger partial charge in [0.15, 0.2) is 52.1 Å². The van der Waals surface area contributed by atoms with Gasteiger partial charge in [0, 0.05) is 0 Å². The van der Waals surface area contributed by atoms with Gasteiger partial charge in [0.25, 0.3) is 0 Å². The van der Waals surface area contributed by atoms with E-state index in [-0.39, 0.29) is 52.1 Å². The van der Waals surface area contributed by atoms with Crippen molar-refractivity contribution < 1.29 is 19.2 Å². The normalized spacial score (nSPS) is 7.38. The summed E-state index contributed by atoms with van der Waals surface area (Å²) in [6.07, 6.45) is 0. The molecule has 0 aromatic heterocycles. The van der Waals surface area contributed by atoms with Crippen LogP contribution in [0.3, 0.4) is 0 Å². The maximum atomic E-state index is 8.88. The van der Waals surface area contributed by atoms with Gasteiger partial charge in [-0.2, -0.15) is 0 Å². The fourth-order valence-electron chi connectivity index (χ4n) is 0. The van der Waals surface area contributed by atoms with Crippen LogP contribution < -0.4 is 0 Å². The summed E-state index contributed by atoms with van der Waals surface area (Å²) in [5.74, 6) is 0. The predicted molar refractivity (Wildman–Crippen MR) is 44.1 cm³/mol. The second-order valence-corrected chi connectivity index (χ2v) is 1.54. The quantitative estimate of drug-likeness (QED) is 0.264. The molecule has 0 spiro atoms. The van der Waals surface area contributed by atoms with Gasteiger partial charge in [-0.3, -0.25) is 0 Å². The van der Waals surface area contributed by atoms with Gasteiger partial charge in [-0.05, 0) is 0 Å². The third-order valence-electron chi connectivity index (χ3n) is 0. The van der Waals surface area contributed by atoms with Crippen molar-refractivity contribution in [3.63, 3.8) is 0 Å². The fraction of sp³-hybridized carbons (Fsp3) is 0. The predicted octanol–water partition coefficient (Wildman–Crippen LogP) is -4.48. The third-order valence-corrected chi connectivity index (χ3v) is 0. The summed E-state index contributed by atoms with van der Waals surface area (Å²) in [7, 11) is -4.64. The van der Waals surface area contributed by atoms with Gasteiger partial charge in [0.05, 0.1) is 0 Å². The number of hydrogen-bond acceptors (Lipinski definition) is 1. The van der Waals surface area contributed by atoms with Crippen molar-refractivity contribution in [1.29, 1.82) is 0 Å². The Labute approximate surface area is 78.9 Å². The van der Waals surface area contributed by atoms with Crippen LogP contribution in [-0.4, -0.2) is 66.8 Å². The molecule has 50 valence electrons. The second kappa shape index (κ2) is 8.71. The van der Waals surface area contributed by atoms with E-state index in [2.05, 4.69) is 0 Å². The molecule has 4 nitrogen and oxygen atoms in total. The molecule has 0 radical (unpaired) electrons. The molecule has 8 heteroatoms. The molecular formula is H12Al3O4P. The maximum absolute atomic E-state index is 8.88. The highest BCUT2D eigenvalue weighted by atomic mass is 31.2. The molecule has 0 atom stereocenters. The van der Waals surface area contributed by atoms with Crippen LogP contribution in [0.15, 0.2) is 0 Å². The lowest BCUT2D eigenvalue weighted by Crippen LogP contribution is -1.66. The average Bonchev–Trinajstić information content (AvgIpc) is 0.722. The van der Waals surface area contributed by atoms with Crippen LogP contribution in [0, 0.1) is 0 Å². The molecule has 0 saturated carbocycles. The summed E-state index contributed by atoms with van der Waals surface area (Å²) < 4.78 is 8.88. The minimum Gasteiger partial charge on any atom is -0.303 e. The molecule has 0 aliphatic rings. The van der Waals surface area contributed by atoms with Gasteiger partial charge in [-0.1, -0.05) is 0 Å². The Balaban J connectivity index is -0.0000000267. The van der Waals surface area contributed by atoms with Crippen molar-refractivity contribution >= 4 is 59.9 Å². The lowest BCUT2D eigenvalue weighted by Gasteiger charge is -1.82. The van der Waals surface area contributed by atoms with Gasteiger partial charge < -0.3 is 14.7 Å². The molecule has 8 heavy (non-hydrogen) atoms. The van der Waals surface area contributed by atoms with Gasteiger partial charge in [0.2, 0.25) is 0 Å². The Morgan fingerprint density at radius 2 is 0.875 bits per heavy atom. The highest BCUT2D eigenvalue weighted by Gasteiger charge is 2.00. The van der Waals surface area contributed by atoms with Crippen molar-refractivity contribution in [1.82, 2.24) is 0 Å². The number of hydrogen-bond donors (Lipinski definition) is 3. The van der Waals surface area contributed by atoms with Crippen molar-refractivity contribution in [2.24, 2.45) is 0 Å². The Morgan fingerprint density at radius 1 is 0.875 bits per heavy atom. The van der Waals surface area contributed by atoms with Crippen molar-refractivity contribution in [2.45, 2.75) is 0 Å². The second-order valence-electron chi connectivity index (χ2n) is 0.513. The van der Waals surface area contributed by atoms with Crippen LogP contribution in [0.4, 0.5) is 0 Å². The molecule has 0 saturated heterocycles. The fourth-order valence-corrected chi connectivity index (χ4v) is 0. The van der Waals surface area contributed by atoms with Crippen LogP contribution in [0.2, 0.25) is 0 Å². The van der Waals surface area contributed by atoms with E-state index in [4.69, 9.17) is 19.2 Å². The molecule has 0 aromatic rings. The molecule has 0 aliphatic heterocycles. The first-order valence-corrected chi connectivity index (χ1v) is 2.35. The summed E-state index contributed by atoms with van der Waals surface area (Å²) >= 11 is 0. The van der Waals surface area contributed by atoms with E-state index < -0.39 is 7.82 Å². The van der Waals surface area contributed by atoms with E-state index in [1.54, 1.807) is 0 Å². The molecule has 0 aliphatic carbocycles. The minimum atomic E-state index is -4.64. The molecule has 0 bridgehead atoms. The van der Waals surface area contributed by atoms with Crippen molar-refractivity contribution in [3.8, 4) is 0 Å². The average molecular weight is 188 g/mol. The summed E-state index contributed by atoms with van der Waals surface area (Å²) in [6, 6.07) is 0. The van der Waals surface area contributed by atoms with Gasteiger partial charge in [0.1, 0.15) is 0 Å². The lowest BCUT2D eigenvalue weighted by molar-refractivity contribution is 0.275. The van der Waals surface area contributed by atoms with Crippen LogP contribution in [0.25, 0.3) is 0 Å². The molecule has 0 heterocycles. The first-order valence-electron chi connectivity index (χ1n) is 0.783. The molecule has 0 rings (SSSR count). The van der Waals surface area contributed by atoms with Gasteiger partial charge in [-0.25, -0.2) is 4.57 Å². The lowest BCUT2D eigenvalue weighted by atomic mass is 15.8. The topological polar surface area (TPSA) is 77.8 Å². The third kappa shape index (κ3) is 119. The van der Waals surface area contributed by atoms with Crippen molar-refractivity contribution in [2.75, 3.05) is 0 Å². The molecule has 0 aromatic carbocycles. The monoisotopic (exact) mass is 188 g/mol. The highest BCUT2D eigenvalue weighted by Crippen LogP contribution is 2.25. The zero-order chi connectivity index (χ0) is 4.50. The summed E-state index contributed by atoms with van der Waals surface area (Å²) in [5.41, 5.74) is 0. The Morgan fingerprint density at radius 3 is 0.875 bits per heavy atom. The van der Waals surface area contributed by atoms with Crippen LogP contribution in [0.5, 0.6) is 0 Å². The summed E-state index contributed by atoms with van der Waals surface area (Å²) in [6.45, 7) is 0. The largest absolute Gasteiger partial charge is 0.466 e. The molecular weight excluding hydrogens is 176 g/mol. The Hall–Kier alpha value is 1.71. The van der Waals surface area contributed by atoms with E-state index >= 15 is 0 Å². The first kappa shape index (κ1) is 22.6. The minimum absolute atomic E-state index is 0. The smallest absolute Gasteiger partial charge is 0.303 e. The van der Waals surface area contributed by atoms with Crippen LogP contribution in [-0.2, 0) is 4.57 Å². The van der Waals surface area contributed by atoms with Crippen molar-refractivity contribution in [3.05, 3.63) is 0 Å². The first-order chi connectivity index (χ1) is 2.00. The van der Waals surface area contributed by atoms with E-state index in [0.717, 1.165) is 0 Å². The Kier molecular flexibility index (Phi) is 24.6. The molecule has 0 unspecified atom stereocenters. The standard InChI is InChI=1S/3Al.H3O4P.9H/c;;;1-5(2,3)4;;;;;;;;;/h;;;(H3,1,2,3,4);;;;;;;;;. The molecule has 0 amide bonds. The van der Waals surface area contributed by atoms with Crippen LogP contribution >= 0.6 is 7.82 Å². The zero-order valence-electron chi connectivity index (χ0n) is 2.20. The SMILES string of the molecule is O=P(O)(O)O.[AlH3].[AlH3].[AlH3]. The number of rotatable bonds is 0. The molecule has 0 fully saturated rings. The zero-order valence-corrected chi connectivity index (χ0v) is 3.09. The Bertz CT molecular complexity index is 57.4. The molecule has 3 N–H and O–H groups in total. The summed E-state index contributed by atoms with van der Waals surface area (Å²) in [5, 5.41) is 0. The summed E-state index contributed by atoms with van der Waals surface area (Å²) in [4.78, 5) is 21.6. The van der Waals surface area contributed by atoms with Gasteiger partial charge in [-0.15, -0.1) is 0 Å². The van der Waals surface area contributed by atoms with E-state index in [9.17, 15) is 0 Å². The number of phosphoric acid groups is 1. The van der Waals surface area contributed by atoms with E-state index in [0.29, 0.717) is 0 Å². The van der Waals surface area contributed by atoms with Crippen LogP contribution in [0.1, 0.15) is 0 Å². The van der Waals surface area contributed by atoms with E-state index in [1.165, 1.54) is 0 Å². The van der Waals surface area contributed by atoms with E-state index in [1.807, 2.05) is 0 Å². The highest BCUT2D eigenvalue weighted by molar-refractivity contribution is 7.45. The van der Waals surface area contributed by atoms with Gasteiger partial charge >= 0.3 is 7.82 Å².